The molecule has 2 aromatic rings. The van der Waals surface area contributed by atoms with Crippen LogP contribution in [0.25, 0.3) is 0 Å². The first kappa shape index (κ1) is 16.1. The summed E-state index contributed by atoms with van der Waals surface area (Å²) in [6.45, 7) is 0. The lowest BCUT2D eigenvalue weighted by Crippen LogP contribution is -1.87. The molecule has 0 amide bonds. The van der Waals surface area contributed by atoms with Crippen LogP contribution < -0.4 is 0 Å². The molecular formula is C14H10Br4S. The first-order valence-corrected chi connectivity index (χ1v) is 9.84. The largest absolute Gasteiger partial charge is 0.152 e. The van der Waals surface area contributed by atoms with Gasteiger partial charge in [-0.05, 0) is 35.4 Å². The third-order valence-corrected chi connectivity index (χ3v) is 6.04. The van der Waals surface area contributed by atoms with Crippen molar-refractivity contribution in [1.29, 1.82) is 0 Å². The van der Waals surface area contributed by atoms with E-state index in [0.29, 0.717) is 0 Å². The minimum Gasteiger partial charge on any atom is -0.152 e. The van der Waals surface area contributed by atoms with Crippen LogP contribution in [0.4, 0.5) is 0 Å². The number of halogens is 4. The van der Waals surface area contributed by atoms with Crippen molar-refractivity contribution in [2.45, 2.75) is 11.5 Å². The highest BCUT2D eigenvalue weighted by atomic mass is 79.9. The Hall–Kier alpha value is 0.710. The predicted octanol–water partition coefficient (Wildman–Crippen LogP) is 7.17. The minimum absolute atomic E-state index is 0.996. The van der Waals surface area contributed by atoms with Crippen LogP contribution in [0.5, 0.6) is 0 Å². The molecule has 0 aliphatic carbocycles. The fraction of sp³-hybridized carbons (Fsp3) is 0.143. The molecule has 2 aromatic carbocycles. The Morgan fingerprint density at radius 2 is 1.11 bits per heavy atom. The van der Waals surface area contributed by atoms with Crippen LogP contribution >= 0.6 is 75.5 Å². The lowest BCUT2D eigenvalue weighted by atomic mass is 10.2. The first-order chi connectivity index (χ1) is 9.06. The van der Waals surface area contributed by atoms with E-state index in [9.17, 15) is 0 Å². The summed E-state index contributed by atoms with van der Waals surface area (Å²) in [5.41, 5.74) is 2.64. The van der Waals surface area contributed by atoms with E-state index in [1.165, 1.54) is 11.1 Å². The molecule has 0 nitrogen and oxygen atoms in total. The normalized spacial score (nSPS) is 10.7. The smallest absolute Gasteiger partial charge is 0.0226 e. The van der Waals surface area contributed by atoms with Crippen LogP contribution in [0.15, 0.2) is 54.3 Å². The molecule has 2 rings (SSSR count). The van der Waals surface area contributed by atoms with Gasteiger partial charge in [0, 0.05) is 29.4 Å². The quantitative estimate of drug-likeness (QED) is 0.405. The Morgan fingerprint density at radius 1 is 0.684 bits per heavy atom. The molecule has 19 heavy (non-hydrogen) atoms. The van der Waals surface area contributed by atoms with Crippen LogP contribution in [0.1, 0.15) is 11.1 Å². The maximum absolute atomic E-state index is 3.60. The highest BCUT2D eigenvalue weighted by Crippen LogP contribution is 2.29. The summed E-state index contributed by atoms with van der Waals surface area (Å²) in [5, 5.41) is 0. The van der Waals surface area contributed by atoms with Gasteiger partial charge in [0.1, 0.15) is 0 Å². The molecule has 0 aliphatic heterocycles. The predicted molar refractivity (Wildman–Crippen MR) is 98.7 cm³/mol. The highest BCUT2D eigenvalue weighted by Gasteiger charge is 2.04. The van der Waals surface area contributed by atoms with Crippen LogP contribution in [0.2, 0.25) is 0 Å². The van der Waals surface area contributed by atoms with Gasteiger partial charge in [0.25, 0.3) is 0 Å². The fourth-order valence-corrected chi connectivity index (χ4v) is 5.34. The summed E-state index contributed by atoms with van der Waals surface area (Å²) in [5.74, 6) is 1.99. The zero-order valence-corrected chi connectivity index (χ0v) is 17.0. The fourth-order valence-electron chi connectivity index (χ4n) is 1.55. The molecule has 0 atom stereocenters. The van der Waals surface area contributed by atoms with Crippen LogP contribution in [0, 0.1) is 0 Å². The second-order valence-corrected chi connectivity index (χ2v) is 8.49. The SMILES string of the molecule is Brc1ccc(CSCc2ccc(Br)cc2Br)c(Br)c1. The Labute approximate surface area is 151 Å². The molecule has 0 spiro atoms. The average Bonchev–Trinajstić information content (AvgIpc) is 2.34. The van der Waals surface area contributed by atoms with E-state index < -0.39 is 0 Å². The van der Waals surface area contributed by atoms with E-state index in [1.807, 2.05) is 11.8 Å². The second-order valence-electron chi connectivity index (χ2n) is 3.96. The number of benzene rings is 2. The molecule has 0 aliphatic rings. The van der Waals surface area contributed by atoms with Gasteiger partial charge in [-0.25, -0.2) is 0 Å². The number of thioether (sulfide) groups is 1. The van der Waals surface area contributed by atoms with E-state index >= 15 is 0 Å². The summed E-state index contributed by atoms with van der Waals surface area (Å²) in [6.07, 6.45) is 0. The Balaban J connectivity index is 1.96. The summed E-state index contributed by atoms with van der Waals surface area (Å²) in [6, 6.07) is 12.6. The van der Waals surface area contributed by atoms with Crippen molar-refractivity contribution >= 4 is 75.5 Å². The number of hydrogen-bond acceptors (Lipinski definition) is 1. The van der Waals surface area contributed by atoms with Crippen molar-refractivity contribution in [2.24, 2.45) is 0 Å². The maximum Gasteiger partial charge on any atom is 0.0226 e. The van der Waals surface area contributed by atoms with E-state index in [0.717, 1.165) is 29.4 Å². The van der Waals surface area contributed by atoms with Gasteiger partial charge in [-0.2, -0.15) is 11.8 Å². The monoisotopic (exact) mass is 526 g/mol. The second kappa shape index (κ2) is 7.64. The molecule has 0 heterocycles. The summed E-state index contributed by atoms with van der Waals surface area (Å²) >= 11 is 16.0. The van der Waals surface area contributed by atoms with Gasteiger partial charge in [-0.3, -0.25) is 0 Å². The van der Waals surface area contributed by atoms with Gasteiger partial charge >= 0.3 is 0 Å². The minimum atomic E-state index is 0.996. The van der Waals surface area contributed by atoms with Gasteiger partial charge in [0.2, 0.25) is 0 Å². The standard InChI is InChI=1S/C14H10Br4S/c15-11-3-1-9(13(17)5-11)7-19-8-10-2-4-12(16)6-14(10)18/h1-6H,7-8H2. The van der Waals surface area contributed by atoms with Crippen LogP contribution in [0.3, 0.4) is 0 Å². The summed E-state index contributed by atoms with van der Waals surface area (Å²) in [4.78, 5) is 0. The molecule has 100 valence electrons. The van der Waals surface area contributed by atoms with Crippen molar-refractivity contribution in [3.8, 4) is 0 Å². The third kappa shape index (κ3) is 4.88. The maximum atomic E-state index is 3.60. The van der Waals surface area contributed by atoms with Crippen molar-refractivity contribution in [3.63, 3.8) is 0 Å². The highest BCUT2D eigenvalue weighted by molar-refractivity contribution is 9.11. The van der Waals surface area contributed by atoms with Gasteiger partial charge in [-0.1, -0.05) is 75.9 Å². The zero-order valence-electron chi connectivity index (χ0n) is 9.80. The van der Waals surface area contributed by atoms with E-state index in [4.69, 9.17) is 0 Å². The van der Waals surface area contributed by atoms with Crippen LogP contribution in [-0.4, -0.2) is 0 Å². The summed E-state index contributed by atoms with van der Waals surface area (Å²) in [7, 11) is 0. The molecule has 0 saturated carbocycles. The molecule has 0 N–H and O–H groups in total. The van der Waals surface area contributed by atoms with Gasteiger partial charge in [-0.15, -0.1) is 0 Å². The molecule has 5 heteroatoms. The molecule has 0 bridgehead atoms. The van der Waals surface area contributed by atoms with Crippen molar-refractivity contribution < 1.29 is 0 Å². The Bertz CT molecular complexity index is 532. The molecule has 0 saturated heterocycles. The lowest BCUT2D eigenvalue weighted by molar-refractivity contribution is 1.32. The van der Waals surface area contributed by atoms with Crippen molar-refractivity contribution in [1.82, 2.24) is 0 Å². The molecule has 0 aromatic heterocycles. The molecule has 0 fully saturated rings. The third-order valence-electron chi connectivity index (χ3n) is 2.55. The Morgan fingerprint density at radius 3 is 1.47 bits per heavy atom. The van der Waals surface area contributed by atoms with E-state index in [-0.39, 0.29) is 0 Å². The lowest BCUT2D eigenvalue weighted by Gasteiger charge is -2.07. The van der Waals surface area contributed by atoms with E-state index in [2.05, 4.69) is 100 Å². The topological polar surface area (TPSA) is 0 Å². The number of hydrogen-bond donors (Lipinski definition) is 0. The van der Waals surface area contributed by atoms with Crippen molar-refractivity contribution in [2.75, 3.05) is 0 Å². The number of rotatable bonds is 4. The molecule has 0 radical (unpaired) electrons. The Kier molecular flexibility index (Phi) is 6.47. The summed E-state index contributed by atoms with van der Waals surface area (Å²) < 4.78 is 4.51. The molecular weight excluding hydrogens is 520 g/mol. The van der Waals surface area contributed by atoms with Crippen LogP contribution in [-0.2, 0) is 11.5 Å². The van der Waals surface area contributed by atoms with Gasteiger partial charge < -0.3 is 0 Å². The first-order valence-electron chi connectivity index (χ1n) is 5.52. The zero-order chi connectivity index (χ0) is 13.8. The molecule has 0 unspecified atom stereocenters. The van der Waals surface area contributed by atoms with E-state index in [1.54, 1.807) is 0 Å². The van der Waals surface area contributed by atoms with Gasteiger partial charge in [0.05, 0.1) is 0 Å². The van der Waals surface area contributed by atoms with Crippen molar-refractivity contribution in [3.05, 3.63) is 65.4 Å². The van der Waals surface area contributed by atoms with Gasteiger partial charge in [0.15, 0.2) is 0 Å². The average molecular weight is 530 g/mol.